The Bertz CT molecular complexity index is 891. The molecule has 0 bridgehead atoms. The van der Waals surface area contributed by atoms with Crippen molar-refractivity contribution in [1.29, 1.82) is 0 Å². The van der Waals surface area contributed by atoms with Crippen molar-refractivity contribution < 1.29 is 9.47 Å². The number of hydrogen-bond acceptors (Lipinski definition) is 5. The average molecular weight is 321 g/mol. The van der Waals surface area contributed by atoms with Gasteiger partial charge in [-0.05, 0) is 48.4 Å². The van der Waals surface area contributed by atoms with Crippen LogP contribution < -0.4 is 14.9 Å². The number of pyridine rings is 1. The molecule has 0 unspecified atom stereocenters. The van der Waals surface area contributed by atoms with E-state index in [1.807, 2.05) is 42.5 Å². The molecule has 0 aliphatic heterocycles. The molecule has 0 aliphatic carbocycles. The minimum absolute atomic E-state index is 0.668. The minimum atomic E-state index is 0.668. The second kappa shape index (κ2) is 7.00. The Labute approximate surface area is 140 Å². The molecule has 0 saturated heterocycles. The molecule has 3 aromatic rings. The van der Waals surface area contributed by atoms with Crippen molar-refractivity contribution in [3.8, 4) is 11.5 Å². The normalized spacial score (nSPS) is 11.0. The highest BCUT2D eigenvalue weighted by molar-refractivity contribution is 5.84. The predicted octanol–water partition coefficient (Wildman–Crippen LogP) is 4.01. The Morgan fingerprint density at radius 1 is 1.00 bits per heavy atom. The lowest BCUT2D eigenvalue weighted by molar-refractivity contribution is 0.355. The van der Waals surface area contributed by atoms with Crippen LogP contribution in [0.4, 0.5) is 5.82 Å². The Morgan fingerprint density at radius 3 is 2.58 bits per heavy atom. The Kier molecular flexibility index (Phi) is 4.61. The zero-order valence-corrected chi connectivity index (χ0v) is 13.9. The fraction of sp³-hybridized carbons (Fsp3) is 0.158. The van der Waals surface area contributed by atoms with Gasteiger partial charge in [-0.2, -0.15) is 5.10 Å². The van der Waals surface area contributed by atoms with Gasteiger partial charge in [-0.3, -0.25) is 5.43 Å². The van der Waals surface area contributed by atoms with Gasteiger partial charge in [-0.25, -0.2) is 4.98 Å². The lowest BCUT2D eigenvalue weighted by Gasteiger charge is -2.07. The van der Waals surface area contributed by atoms with Crippen LogP contribution in [0, 0.1) is 6.92 Å². The van der Waals surface area contributed by atoms with Gasteiger partial charge in [-0.1, -0.05) is 18.2 Å². The number of aromatic nitrogens is 1. The molecular weight excluding hydrogens is 302 g/mol. The number of methoxy groups -OCH3 is 2. The van der Waals surface area contributed by atoms with Crippen molar-refractivity contribution >= 4 is 22.9 Å². The van der Waals surface area contributed by atoms with E-state index in [1.54, 1.807) is 20.4 Å². The van der Waals surface area contributed by atoms with E-state index >= 15 is 0 Å². The third-order valence-corrected chi connectivity index (χ3v) is 3.72. The highest BCUT2D eigenvalue weighted by Crippen LogP contribution is 2.27. The van der Waals surface area contributed by atoms with Crippen LogP contribution in [0.3, 0.4) is 0 Å². The van der Waals surface area contributed by atoms with Gasteiger partial charge in [0.05, 0.1) is 26.0 Å². The SMILES string of the molecule is COc1ccc(/C=N/Nc2cc(C)c3ccccc3n2)cc1OC. The lowest BCUT2D eigenvalue weighted by atomic mass is 10.1. The van der Waals surface area contributed by atoms with Gasteiger partial charge >= 0.3 is 0 Å². The molecule has 0 fully saturated rings. The molecule has 0 aliphatic rings. The number of rotatable bonds is 5. The lowest BCUT2D eigenvalue weighted by Crippen LogP contribution is -1.96. The summed E-state index contributed by atoms with van der Waals surface area (Å²) in [5.74, 6) is 2.07. The zero-order valence-electron chi connectivity index (χ0n) is 13.9. The van der Waals surface area contributed by atoms with E-state index in [-0.39, 0.29) is 0 Å². The van der Waals surface area contributed by atoms with Crippen LogP contribution in [0.2, 0.25) is 0 Å². The van der Waals surface area contributed by atoms with E-state index in [0.29, 0.717) is 17.3 Å². The van der Waals surface area contributed by atoms with Crippen LogP contribution in [0.5, 0.6) is 11.5 Å². The summed E-state index contributed by atoms with van der Waals surface area (Å²) >= 11 is 0. The highest BCUT2D eigenvalue weighted by atomic mass is 16.5. The average Bonchev–Trinajstić information content (AvgIpc) is 2.61. The van der Waals surface area contributed by atoms with Crippen LogP contribution in [0.15, 0.2) is 53.6 Å². The van der Waals surface area contributed by atoms with E-state index in [9.17, 15) is 0 Å². The zero-order chi connectivity index (χ0) is 16.9. The molecule has 3 rings (SSSR count). The largest absolute Gasteiger partial charge is 0.493 e. The van der Waals surface area contributed by atoms with Gasteiger partial charge in [0.15, 0.2) is 11.5 Å². The van der Waals surface area contributed by atoms with Crippen molar-refractivity contribution in [3.05, 3.63) is 59.7 Å². The van der Waals surface area contributed by atoms with Gasteiger partial charge in [0, 0.05) is 5.39 Å². The number of hydrogen-bond donors (Lipinski definition) is 1. The Balaban J connectivity index is 1.79. The van der Waals surface area contributed by atoms with Crippen LogP contribution in [-0.4, -0.2) is 25.4 Å². The molecule has 0 spiro atoms. The number of hydrazone groups is 1. The molecule has 1 aromatic heterocycles. The number of anilines is 1. The molecule has 1 N–H and O–H groups in total. The van der Waals surface area contributed by atoms with Gasteiger partial charge in [-0.15, -0.1) is 0 Å². The first-order chi connectivity index (χ1) is 11.7. The van der Waals surface area contributed by atoms with Crippen molar-refractivity contribution in [2.24, 2.45) is 5.10 Å². The molecule has 0 amide bonds. The molecule has 5 nitrogen and oxygen atoms in total. The number of nitrogens with one attached hydrogen (secondary N) is 1. The standard InChI is InChI=1S/C19H19N3O2/c1-13-10-19(21-16-7-5-4-6-15(13)16)22-20-12-14-8-9-17(23-2)18(11-14)24-3/h4-12H,1-3H3,(H,21,22)/b20-12+. The summed E-state index contributed by atoms with van der Waals surface area (Å²) in [5.41, 5.74) is 5.98. The fourth-order valence-electron chi connectivity index (χ4n) is 2.51. The first kappa shape index (κ1) is 15.8. The van der Waals surface area contributed by atoms with Crippen molar-refractivity contribution in [2.45, 2.75) is 6.92 Å². The summed E-state index contributed by atoms with van der Waals surface area (Å²) in [4.78, 5) is 4.56. The third-order valence-electron chi connectivity index (χ3n) is 3.72. The molecule has 1 heterocycles. The Hall–Kier alpha value is -3.08. The van der Waals surface area contributed by atoms with Crippen LogP contribution in [0.1, 0.15) is 11.1 Å². The van der Waals surface area contributed by atoms with Crippen molar-refractivity contribution in [2.75, 3.05) is 19.6 Å². The molecule has 2 aromatic carbocycles. The molecule has 24 heavy (non-hydrogen) atoms. The van der Waals surface area contributed by atoms with E-state index < -0.39 is 0 Å². The Morgan fingerprint density at radius 2 is 1.79 bits per heavy atom. The summed E-state index contributed by atoms with van der Waals surface area (Å²) in [5, 5.41) is 5.40. The van der Waals surface area contributed by atoms with Crippen molar-refractivity contribution in [3.63, 3.8) is 0 Å². The molecular formula is C19H19N3O2. The molecule has 122 valence electrons. The maximum Gasteiger partial charge on any atom is 0.161 e. The number of ether oxygens (including phenoxy) is 2. The fourth-order valence-corrected chi connectivity index (χ4v) is 2.51. The first-order valence-electron chi connectivity index (χ1n) is 7.59. The summed E-state index contributed by atoms with van der Waals surface area (Å²) in [7, 11) is 3.22. The summed E-state index contributed by atoms with van der Waals surface area (Å²) in [6.07, 6.45) is 1.72. The molecule has 5 heteroatoms. The monoisotopic (exact) mass is 321 g/mol. The maximum absolute atomic E-state index is 5.29. The maximum atomic E-state index is 5.29. The third kappa shape index (κ3) is 3.30. The number of para-hydroxylation sites is 1. The van der Waals surface area contributed by atoms with Gasteiger partial charge < -0.3 is 9.47 Å². The van der Waals surface area contributed by atoms with E-state index in [0.717, 1.165) is 22.0 Å². The predicted molar refractivity (Wildman–Crippen MR) is 97.2 cm³/mol. The van der Waals surface area contributed by atoms with Crippen LogP contribution in [-0.2, 0) is 0 Å². The number of fused-ring (bicyclic) bond motifs is 1. The summed E-state index contributed by atoms with van der Waals surface area (Å²) in [6.45, 7) is 2.06. The molecule has 0 radical (unpaired) electrons. The summed E-state index contributed by atoms with van der Waals surface area (Å²) in [6, 6.07) is 15.6. The number of benzene rings is 2. The minimum Gasteiger partial charge on any atom is -0.493 e. The second-order valence-electron chi connectivity index (χ2n) is 5.33. The first-order valence-corrected chi connectivity index (χ1v) is 7.59. The molecule has 0 saturated carbocycles. The number of nitrogens with zero attached hydrogens (tertiary/aromatic N) is 2. The summed E-state index contributed by atoms with van der Waals surface area (Å²) < 4.78 is 10.5. The van der Waals surface area contributed by atoms with Gasteiger partial charge in [0.25, 0.3) is 0 Å². The quantitative estimate of drug-likeness (QED) is 0.570. The highest BCUT2D eigenvalue weighted by Gasteiger charge is 2.03. The van der Waals surface area contributed by atoms with Crippen LogP contribution in [0.25, 0.3) is 10.9 Å². The smallest absolute Gasteiger partial charge is 0.161 e. The van der Waals surface area contributed by atoms with E-state index in [1.165, 1.54) is 0 Å². The number of aryl methyl sites for hydroxylation is 1. The molecule has 0 atom stereocenters. The van der Waals surface area contributed by atoms with E-state index in [2.05, 4.69) is 28.5 Å². The van der Waals surface area contributed by atoms with Gasteiger partial charge in [0.2, 0.25) is 0 Å². The van der Waals surface area contributed by atoms with E-state index in [4.69, 9.17) is 9.47 Å². The second-order valence-corrected chi connectivity index (χ2v) is 5.33. The van der Waals surface area contributed by atoms with Crippen LogP contribution >= 0.6 is 0 Å². The van der Waals surface area contributed by atoms with Gasteiger partial charge in [0.1, 0.15) is 5.82 Å². The van der Waals surface area contributed by atoms with Crippen molar-refractivity contribution in [1.82, 2.24) is 4.98 Å². The topological polar surface area (TPSA) is 55.7 Å².